The van der Waals surface area contributed by atoms with E-state index in [0.717, 1.165) is 0 Å². The number of hydrogen-bond donors (Lipinski definition) is 3. The number of nitrogens with one attached hydrogen (secondary N) is 2. The first-order chi connectivity index (χ1) is 6.03. The lowest BCUT2D eigenvalue weighted by Crippen LogP contribution is -2.58. The molecule has 0 bridgehead atoms. The zero-order valence-corrected chi connectivity index (χ0v) is 6.66. The van der Waals surface area contributed by atoms with Crippen molar-refractivity contribution in [2.24, 2.45) is 5.92 Å². The summed E-state index contributed by atoms with van der Waals surface area (Å²) in [6.07, 6.45) is 0.389. The van der Waals surface area contributed by atoms with Crippen molar-refractivity contribution < 1.29 is 19.5 Å². The Balaban J connectivity index is 2.07. The van der Waals surface area contributed by atoms with Crippen LogP contribution >= 0.6 is 0 Å². The Morgan fingerprint density at radius 3 is 2.46 bits per heavy atom. The Hall–Kier alpha value is -1.59. The molecule has 3 amide bonds. The normalized spacial score (nSPS) is 36.8. The molecule has 6 nitrogen and oxygen atoms in total. The van der Waals surface area contributed by atoms with Gasteiger partial charge in [-0.1, -0.05) is 0 Å². The minimum Gasteiger partial charge on any atom is -0.481 e. The summed E-state index contributed by atoms with van der Waals surface area (Å²) in [7, 11) is 0. The van der Waals surface area contributed by atoms with Crippen LogP contribution in [0.15, 0.2) is 0 Å². The lowest BCUT2D eigenvalue weighted by Gasteiger charge is -2.39. The van der Waals surface area contributed by atoms with E-state index in [1.165, 1.54) is 0 Å². The van der Waals surface area contributed by atoms with Gasteiger partial charge in [-0.25, -0.2) is 4.79 Å². The van der Waals surface area contributed by atoms with Crippen molar-refractivity contribution >= 4 is 17.9 Å². The first kappa shape index (κ1) is 8.03. The molecule has 6 heteroatoms. The highest BCUT2D eigenvalue weighted by atomic mass is 16.4. The quantitative estimate of drug-likeness (QED) is 0.458. The standard InChI is InChI=1S/C7H8N2O4/c10-4(11)3-1-7(2-3)5(12)8-6(13)9-7/h3H,1-2H2,(H,10,11)(H2,8,9,12,13). The molecule has 70 valence electrons. The maximum Gasteiger partial charge on any atom is 0.322 e. The highest BCUT2D eigenvalue weighted by Crippen LogP contribution is 2.39. The molecule has 2 fully saturated rings. The van der Waals surface area contributed by atoms with Gasteiger partial charge in [-0.3, -0.25) is 14.9 Å². The van der Waals surface area contributed by atoms with E-state index >= 15 is 0 Å². The maximum absolute atomic E-state index is 11.2. The number of urea groups is 1. The van der Waals surface area contributed by atoms with E-state index in [0.29, 0.717) is 0 Å². The SMILES string of the molecule is O=C1NC(=O)C2(CC(C(=O)O)C2)N1. The Bertz CT molecular complexity index is 306. The third kappa shape index (κ3) is 0.980. The number of aliphatic carboxylic acids is 1. The van der Waals surface area contributed by atoms with Crippen LogP contribution in [0.5, 0.6) is 0 Å². The fourth-order valence-corrected chi connectivity index (χ4v) is 1.77. The zero-order chi connectivity index (χ0) is 9.64. The summed E-state index contributed by atoms with van der Waals surface area (Å²) in [4.78, 5) is 32.4. The molecular formula is C7H8N2O4. The van der Waals surface area contributed by atoms with Crippen LogP contribution < -0.4 is 10.6 Å². The van der Waals surface area contributed by atoms with Gasteiger partial charge in [0, 0.05) is 0 Å². The van der Waals surface area contributed by atoms with Crippen LogP contribution in [0, 0.1) is 5.92 Å². The van der Waals surface area contributed by atoms with E-state index in [-0.39, 0.29) is 12.8 Å². The van der Waals surface area contributed by atoms with Gasteiger partial charge < -0.3 is 10.4 Å². The van der Waals surface area contributed by atoms with Gasteiger partial charge in [0.25, 0.3) is 5.91 Å². The molecule has 1 spiro atoms. The number of imide groups is 1. The number of carboxylic acids is 1. The predicted octanol–water partition coefficient (Wildman–Crippen LogP) is -0.941. The van der Waals surface area contributed by atoms with Crippen molar-refractivity contribution in [3.8, 4) is 0 Å². The highest BCUT2D eigenvalue weighted by molar-refractivity contribution is 6.08. The summed E-state index contributed by atoms with van der Waals surface area (Å²) in [6.45, 7) is 0. The van der Waals surface area contributed by atoms with Crippen LogP contribution in [0.1, 0.15) is 12.8 Å². The highest BCUT2D eigenvalue weighted by Gasteiger charge is 2.57. The van der Waals surface area contributed by atoms with E-state index < -0.39 is 29.4 Å². The first-order valence-corrected chi connectivity index (χ1v) is 3.90. The van der Waals surface area contributed by atoms with Gasteiger partial charge in [0.05, 0.1) is 5.92 Å². The first-order valence-electron chi connectivity index (χ1n) is 3.90. The Morgan fingerprint density at radius 1 is 1.46 bits per heavy atom. The summed E-state index contributed by atoms with van der Waals surface area (Å²) >= 11 is 0. The summed E-state index contributed by atoms with van der Waals surface area (Å²) in [6, 6.07) is -0.533. The molecule has 1 aliphatic heterocycles. The summed E-state index contributed by atoms with van der Waals surface area (Å²) in [5.74, 6) is -1.83. The number of hydrogen-bond acceptors (Lipinski definition) is 3. The second-order valence-corrected chi connectivity index (χ2v) is 3.43. The molecular weight excluding hydrogens is 176 g/mol. The molecule has 0 aromatic carbocycles. The van der Waals surface area contributed by atoms with Gasteiger partial charge in [-0.2, -0.15) is 0 Å². The minimum atomic E-state index is -0.930. The molecule has 0 aromatic heterocycles. The summed E-state index contributed by atoms with van der Waals surface area (Å²) in [5.41, 5.74) is -0.930. The lowest BCUT2D eigenvalue weighted by atomic mass is 9.68. The minimum absolute atomic E-state index is 0.194. The zero-order valence-electron chi connectivity index (χ0n) is 6.66. The molecule has 1 saturated heterocycles. The van der Waals surface area contributed by atoms with Gasteiger partial charge >= 0.3 is 12.0 Å². The van der Waals surface area contributed by atoms with E-state index in [1.54, 1.807) is 0 Å². The molecule has 0 aromatic rings. The number of carboxylic acid groups (broad SMARTS) is 1. The Kier molecular flexibility index (Phi) is 1.37. The second kappa shape index (κ2) is 2.21. The van der Waals surface area contributed by atoms with Crippen molar-refractivity contribution in [2.75, 3.05) is 0 Å². The third-order valence-corrected chi connectivity index (χ3v) is 2.55. The number of rotatable bonds is 1. The van der Waals surface area contributed by atoms with Gasteiger partial charge in [-0.15, -0.1) is 0 Å². The van der Waals surface area contributed by atoms with Crippen molar-refractivity contribution in [3.05, 3.63) is 0 Å². The van der Waals surface area contributed by atoms with Crippen LogP contribution in [0.3, 0.4) is 0 Å². The maximum atomic E-state index is 11.2. The van der Waals surface area contributed by atoms with Crippen LogP contribution in [0.2, 0.25) is 0 Å². The van der Waals surface area contributed by atoms with E-state index in [4.69, 9.17) is 5.11 Å². The average Bonchev–Trinajstić information content (AvgIpc) is 2.21. The monoisotopic (exact) mass is 184 g/mol. The van der Waals surface area contributed by atoms with Gasteiger partial charge in [0.1, 0.15) is 5.54 Å². The van der Waals surface area contributed by atoms with E-state index in [9.17, 15) is 14.4 Å². The van der Waals surface area contributed by atoms with E-state index in [1.807, 2.05) is 0 Å². The molecule has 3 N–H and O–H groups in total. The topological polar surface area (TPSA) is 95.5 Å². The predicted molar refractivity (Wildman–Crippen MR) is 39.8 cm³/mol. The number of carbonyl (C=O) groups excluding carboxylic acids is 2. The van der Waals surface area contributed by atoms with Gasteiger partial charge in [-0.05, 0) is 12.8 Å². The Morgan fingerprint density at radius 2 is 2.08 bits per heavy atom. The molecule has 0 unspecified atom stereocenters. The molecule has 13 heavy (non-hydrogen) atoms. The summed E-state index contributed by atoms with van der Waals surface area (Å²) in [5, 5.41) is 13.1. The molecule has 2 rings (SSSR count). The fraction of sp³-hybridized carbons (Fsp3) is 0.571. The molecule has 1 saturated carbocycles. The van der Waals surface area contributed by atoms with Crippen LogP contribution in [0.4, 0.5) is 4.79 Å². The summed E-state index contributed by atoms with van der Waals surface area (Å²) < 4.78 is 0. The molecule has 1 aliphatic carbocycles. The van der Waals surface area contributed by atoms with Gasteiger partial charge in [0.15, 0.2) is 0 Å². The van der Waals surface area contributed by atoms with Crippen molar-refractivity contribution in [2.45, 2.75) is 18.4 Å². The molecule has 0 atom stereocenters. The average molecular weight is 184 g/mol. The second-order valence-electron chi connectivity index (χ2n) is 3.43. The number of carbonyl (C=O) groups is 3. The molecule has 0 radical (unpaired) electrons. The molecule has 1 heterocycles. The Labute approximate surface area is 73.3 Å². The van der Waals surface area contributed by atoms with E-state index in [2.05, 4.69) is 10.6 Å². The van der Waals surface area contributed by atoms with Gasteiger partial charge in [0.2, 0.25) is 0 Å². The largest absolute Gasteiger partial charge is 0.481 e. The van der Waals surface area contributed by atoms with Crippen molar-refractivity contribution in [3.63, 3.8) is 0 Å². The van der Waals surface area contributed by atoms with Crippen molar-refractivity contribution in [1.29, 1.82) is 0 Å². The van der Waals surface area contributed by atoms with Crippen LogP contribution in [-0.4, -0.2) is 28.6 Å². The number of amides is 3. The van der Waals surface area contributed by atoms with Crippen LogP contribution in [-0.2, 0) is 9.59 Å². The smallest absolute Gasteiger partial charge is 0.322 e. The third-order valence-electron chi connectivity index (χ3n) is 2.55. The van der Waals surface area contributed by atoms with Crippen molar-refractivity contribution in [1.82, 2.24) is 10.6 Å². The fourth-order valence-electron chi connectivity index (χ4n) is 1.77. The van der Waals surface area contributed by atoms with Crippen LogP contribution in [0.25, 0.3) is 0 Å². The molecule has 2 aliphatic rings. The lowest BCUT2D eigenvalue weighted by molar-refractivity contribution is -0.149.